The van der Waals surface area contributed by atoms with Crippen molar-refractivity contribution in [3.8, 4) is 0 Å². The van der Waals surface area contributed by atoms with Gasteiger partial charge in [0.2, 0.25) is 5.91 Å². The molecule has 0 spiro atoms. The van der Waals surface area contributed by atoms with Gasteiger partial charge in [0.25, 0.3) is 0 Å². The van der Waals surface area contributed by atoms with E-state index in [-0.39, 0.29) is 5.91 Å². The number of aryl methyl sites for hydroxylation is 2. The lowest BCUT2D eigenvalue weighted by molar-refractivity contribution is -0.120. The van der Waals surface area contributed by atoms with E-state index in [1.54, 1.807) is 0 Å². The van der Waals surface area contributed by atoms with Gasteiger partial charge in [0.05, 0.1) is 6.42 Å². The van der Waals surface area contributed by atoms with E-state index in [0.29, 0.717) is 12.5 Å². The molecule has 2 N–H and O–H groups in total. The van der Waals surface area contributed by atoms with E-state index in [4.69, 9.17) is 0 Å². The Labute approximate surface area is 121 Å². The van der Waals surface area contributed by atoms with E-state index in [9.17, 15) is 4.79 Å². The number of amides is 1. The molecule has 20 heavy (non-hydrogen) atoms. The second kappa shape index (κ2) is 6.40. The van der Waals surface area contributed by atoms with Crippen LogP contribution in [0.5, 0.6) is 0 Å². The van der Waals surface area contributed by atoms with Crippen LogP contribution in [-0.2, 0) is 24.1 Å². The van der Waals surface area contributed by atoms with Crippen LogP contribution in [-0.4, -0.2) is 25.0 Å². The summed E-state index contributed by atoms with van der Waals surface area (Å²) < 4.78 is 0. The molecule has 2 aliphatic rings. The van der Waals surface area contributed by atoms with E-state index in [1.807, 2.05) is 0 Å². The van der Waals surface area contributed by atoms with Crippen molar-refractivity contribution in [2.45, 2.75) is 51.0 Å². The molecule has 1 amide bonds. The summed E-state index contributed by atoms with van der Waals surface area (Å²) in [4.78, 5) is 12.0. The number of carbonyl (C=O) groups is 1. The lowest BCUT2D eigenvalue weighted by atomic mass is 9.90. The van der Waals surface area contributed by atoms with Crippen molar-refractivity contribution in [3.05, 3.63) is 34.9 Å². The maximum atomic E-state index is 12.0. The van der Waals surface area contributed by atoms with E-state index < -0.39 is 0 Å². The van der Waals surface area contributed by atoms with E-state index in [1.165, 1.54) is 49.7 Å². The topological polar surface area (TPSA) is 41.1 Å². The monoisotopic (exact) mass is 272 g/mol. The smallest absolute Gasteiger partial charge is 0.224 e. The predicted octanol–water partition coefficient (Wildman–Crippen LogP) is 1.98. The number of hydrogen-bond acceptors (Lipinski definition) is 2. The molecule has 1 unspecified atom stereocenters. The molecule has 0 aromatic heterocycles. The SMILES string of the molecule is O=C(Cc1ccc2c(c1)CCCC2)NCC1CCCN1. The normalized spacial score (nSPS) is 21.5. The Morgan fingerprint density at radius 1 is 1.20 bits per heavy atom. The molecule has 1 saturated heterocycles. The largest absolute Gasteiger partial charge is 0.354 e. The first kappa shape index (κ1) is 13.6. The second-order valence-corrected chi connectivity index (χ2v) is 6.08. The highest BCUT2D eigenvalue weighted by atomic mass is 16.1. The highest BCUT2D eigenvalue weighted by Crippen LogP contribution is 2.22. The first-order valence-corrected chi connectivity index (χ1v) is 7.92. The minimum atomic E-state index is 0.148. The minimum Gasteiger partial charge on any atom is -0.354 e. The average Bonchev–Trinajstić information content (AvgIpc) is 2.98. The van der Waals surface area contributed by atoms with Crippen molar-refractivity contribution in [3.63, 3.8) is 0 Å². The third kappa shape index (κ3) is 3.40. The first-order chi connectivity index (χ1) is 9.81. The van der Waals surface area contributed by atoms with Gasteiger partial charge in [-0.15, -0.1) is 0 Å². The van der Waals surface area contributed by atoms with Gasteiger partial charge in [-0.2, -0.15) is 0 Å². The molecule has 0 radical (unpaired) electrons. The molecule has 3 nitrogen and oxygen atoms in total. The summed E-state index contributed by atoms with van der Waals surface area (Å²) in [5, 5.41) is 6.45. The Balaban J connectivity index is 1.52. The van der Waals surface area contributed by atoms with Crippen molar-refractivity contribution in [2.24, 2.45) is 0 Å². The summed E-state index contributed by atoms with van der Waals surface area (Å²) in [6, 6.07) is 7.05. The Morgan fingerprint density at radius 3 is 2.85 bits per heavy atom. The molecule has 3 heteroatoms. The highest BCUT2D eigenvalue weighted by Gasteiger charge is 2.15. The molecule has 1 fully saturated rings. The molecule has 3 rings (SSSR count). The molecule has 1 aliphatic heterocycles. The predicted molar refractivity (Wildman–Crippen MR) is 80.8 cm³/mol. The van der Waals surface area contributed by atoms with Crippen molar-refractivity contribution >= 4 is 5.91 Å². The van der Waals surface area contributed by atoms with Gasteiger partial charge in [-0.05, 0) is 61.8 Å². The zero-order chi connectivity index (χ0) is 13.8. The van der Waals surface area contributed by atoms with Gasteiger partial charge >= 0.3 is 0 Å². The van der Waals surface area contributed by atoms with Crippen LogP contribution in [0.4, 0.5) is 0 Å². The van der Waals surface area contributed by atoms with Crippen molar-refractivity contribution < 1.29 is 4.79 Å². The molecular formula is C17H24N2O. The van der Waals surface area contributed by atoms with Crippen LogP contribution in [0.3, 0.4) is 0 Å². The van der Waals surface area contributed by atoms with Crippen LogP contribution >= 0.6 is 0 Å². The molecule has 1 heterocycles. The van der Waals surface area contributed by atoms with E-state index in [2.05, 4.69) is 28.8 Å². The maximum absolute atomic E-state index is 12.0. The summed E-state index contributed by atoms with van der Waals surface area (Å²) >= 11 is 0. The van der Waals surface area contributed by atoms with Crippen LogP contribution < -0.4 is 10.6 Å². The van der Waals surface area contributed by atoms with Gasteiger partial charge in [-0.3, -0.25) is 4.79 Å². The van der Waals surface area contributed by atoms with Crippen molar-refractivity contribution in [2.75, 3.05) is 13.1 Å². The fourth-order valence-corrected chi connectivity index (χ4v) is 3.31. The number of nitrogens with one attached hydrogen (secondary N) is 2. The number of rotatable bonds is 4. The minimum absolute atomic E-state index is 0.148. The summed E-state index contributed by atoms with van der Waals surface area (Å²) in [6.45, 7) is 1.86. The molecule has 1 atom stereocenters. The van der Waals surface area contributed by atoms with Crippen LogP contribution in [0.25, 0.3) is 0 Å². The van der Waals surface area contributed by atoms with Crippen LogP contribution in [0.15, 0.2) is 18.2 Å². The molecule has 1 aliphatic carbocycles. The Hall–Kier alpha value is -1.35. The second-order valence-electron chi connectivity index (χ2n) is 6.08. The van der Waals surface area contributed by atoms with Gasteiger partial charge in [0.15, 0.2) is 0 Å². The third-order valence-electron chi connectivity index (χ3n) is 4.49. The van der Waals surface area contributed by atoms with E-state index in [0.717, 1.165) is 18.7 Å². The summed E-state index contributed by atoms with van der Waals surface area (Å²) in [7, 11) is 0. The Morgan fingerprint density at radius 2 is 2.05 bits per heavy atom. The quantitative estimate of drug-likeness (QED) is 0.880. The zero-order valence-corrected chi connectivity index (χ0v) is 12.1. The molecule has 1 aromatic carbocycles. The van der Waals surface area contributed by atoms with Crippen molar-refractivity contribution in [1.29, 1.82) is 0 Å². The van der Waals surface area contributed by atoms with Gasteiger partial charge in [-0.1, -0.05) is 18.2 Å². The van der Waals surface area contributed by atoms with Gasteiger partial charge in [0, 0.05) is 12.6 Å². The number of hydrogen-bond donors (Lipinski definition) is 2. The number of benzene rings is 1. The zero-order valence-electron chi connectivity index (χ0n) is 12.1. The summed E-state index contributed by atoms with van der Waals surface area (Å²) in [6.07, 6.45) is 7.90. The van der Waals surface area contributed by atoms with Gasteiger partial charge in [0.1, 0.15) is 0 Å². The summed E-state index contributed by atoms with van der Waals surface area (Å²) in [5.74, 6) is 0.148. The van der Waals surface area contributed by atoms with Crippen LogP contribution in [0.1, 0.15) is 42.4 Å². The first-order valence-electron chi connectivity index (χ1n) is 7.92. The van der Waals surface area contributed by atoms with Crippen LogP contribution in [0.2, 0.25) is 0 Å². The fraction of sp³-hybridized carbons (Fsp3) is 0.588. The molecule has 108 valence electrons. The Kier molecular flexibility index (Phi) is 4.36. The third-order valence-corrected chi connectivity index (χ3v) is 4.49. The standard InChI is InChI=1S/C17H24N2O/c20-17(19-12-16-6-3-9-18-16)11-13-7-8-14-4-1-2-5-15(14)10-13/h7-8,10,16,18H,1-6,9,11-12H2,(H,19,20). The summed E-state index contributed by atoms with van der Waals surface area (Å²) in [5.41, 5.74) is 4.09. The molecule has 0 bridgehead atoms. The highest BCUT2D eigenvalue weighted by molar-refractivity contribution is 5.78. The Bertz CT molecular complexity index is 478. The lowest BCUT2D eigenvalue weighted by Gasteiger charge is -2.17. The molecular weight excluding hydrogens is 248 g/mol. The van der Waals surface area contributed by atoms with Crippen LogP contribution in [0, 0.1) is 0 Å². The van der Waals surface area contributed by atoms with Crippen molar-refractivity contribution in [1.82, 2.24) is 10.6 Å². The van der Waals surface area contributed by atoms with Gasteiger partial charge < -0.3 is 10.6 Å². The maximum Gasteiger partial charge on any atom is 0.224 e. The van der Waals surface area contributed by atoms with Gasteiger partial charge in [-0.25, -0.2) is 0 Å². The fourth-order valence-electron chi connectivity index (χ4n) is 3.31. The number of carbonyl (C=O) groups excluding carboxylic acids is 1. The average molecular weight is 272 g/mol. The molecule has 1 aromatic rings. The number of fused-ring (bicyclic) bond motifs is 1. The van der Waals surface area contributed by atoms with E-state index >= 15 is 0 Å². The lowest BCUT2D eigenvalue weighted by Crippen LogP contribution is -2.37. The molecule has 0 saturated carbocycles.